The zero-order valence-corrected chi connectivity index (χ0v) is 8.28. The van der Waals surface area contributed by atoms with Crippen LogP contribution in [0, 0.1) is 0 Å². The summed E-state index contributed by atoms with van der Waals surface area (Å²) in [5.41, 5.74) is 2.97. The molecule has 1 aromatic carbocycles. The molecule has 0 aliphatic heterocycles. The first-order chi connectivity index (χ1) is 6.92. The van der Waals surface area contributed by atoms with Gasteiger partial charge in [-0.15, -0.1) is 11.6 Å². The predicted octanol–water partition coefficient (Wildman–Crippen LogP) is 2.88. The van der Waals surface area contributed by atoms with E-state index in [0.717, 1.165) is 16.8 Å². The molecule has 14 heavy (non-hydrogen) atoms. The van der Waals surface area contributed by atoms with Gasteiger partial charge in [-0.1, -0.05) is 30.3 Å². The Morgan fingerprint density at radius 3 is 2.64 bits per heavy atom. The Kier molecular flexibility index (Phi) is 2.75. The van der Waals surface area contributed by atoms with Gasteiger partial charge >= 0.3 is 0 Å². The minimum atomic E-state index is 0.409. The van der Waals surface area contributed by atoms with Crippen molar-refractivity contribution in [1.82, 2.24) is 9.97 Å². The lowest BCUT2D eigenvalue weighted by atomic mass is 10.1. The van der Waals surface area contributed by atoms with Crippen LogP contribution >= 0.6 is 11.6 Å². The van der Waals surface area contributed by atoms with Crippen LogP contribution in [0.1, 0.15) is 5.69 Å². The molecular formula is C11H9ClN2. The van der Waals surface area contributed by atoms with Gasteiger partial charge in [-0.25, -0.2) is 9.97 Å². The van der Waals surface area contributed by atoms with Gasteiger partial charge in [-0.05, 0) is 5.56 Å². The van der Waals surface area contributed by atoms with Crippen molar-refractivity contribution in [3.63, 3.8) is 0 Å². The second kappa shape index (κ2) is 4.20. The Morgan fingerprint density at radius 1 is 1.14 bits per heavy atom. The number of aromatic nitrogens is 2. The van der Waals surface area contributed by atoms with Crippen molar-refractivity contribution in [2.45, 2.75) is 5.88 Å². The summed E-state index contributed by atoms with van der Waals surface area (Å²) >= 11 is 5.79. The van der Waals surface area contributed by atoms with Crippen LogP contribution in [0.25, 0.3) is 11.1 Å². The van der Waals surface area contributed by atoms with Crippen molar-refractivity contribution < 1.29 is 0 Å². The second-order valence-electron chi connectivity index (χ2n) is 2.88. The van der Waals surface area contributed by atoms with Crippen LogP contribution in [0.5, 0.6) is 0 Å². The molecule has 0 unspecified atom stereocenters. The van der Waals surface area contributed by atoms with E-state index in [4.69, 9.17) is 11.6 Å². The Labute approximate surface area is 87.6 Å². The van der Waals surface area contributed by atoms with Crippen LogP contribution in [0.4, 0.5) is 0 Å². The zero-order chi connectivity index (χ0) is 9.80. The van der Waals surface area contributed by atoms with Gasteiger partial charge in [0.2, 0.25) is 0 Å². The zero-order valence-electron chi connectivity index (χ0n) is 7.52. The summed E-state index contributed by atoms with van der Waals surface area (Å²) in [6, 6.07) is 10.00. The number of nitrogens with zero attached hydrogens (tertiary/aromatic N) is 2. The summed E-state index contributed by atoms with van der Waals surface area (Å²) in [5, 5.41) is 0. The van der Waals surface area contributed by atoms with E-state index in [9.17, 15) is 0 Å². The molecule has 0 saturated heterocycles. The Bertz CT molecular complexity index is 415. The third kappa shape index (κ3) is 1.75. The molecule has 0 atom stereocenters. The molecule has 2 rings (SSSR count). The van der Waals surface area contributed by atoms with Crippen molar-refractivity contribution in [2.24, 2.45) is 0 Å². The fraction of sp³-hybridized carbons (Fsp3) is 0.0909. The maximum absolute atomic E-state index is 5.79. The number of alkyl halides is 1. The van der Waals surface area contributed by atoms with Crippen LogP contribution in [0.15, 0.2) is 42.9 Å². The fourth-order valence-corrected chi connectivity index (χ4v) is 1.53. The van der Waals surface area contributed by atoms with E-state index in [2.05, 4.69) is 9.97 Å². The molecule has 0 radical (unpaired) electrons. The minimum absolute atomic E-state index is 0.409. The normalized spacial score (nSPS) is 10.1. The SMILES string of the molecule is ClCc1ncncc1-c1ccccc1. The van der Waals surface area contributed by atoms with Crippen molar-refractivity contribution in [3.8, 4) is 11.1 Å². The molecule has 0 N–H and O–H groups in total. The number of hydrogen-bond acceptors (Lipinski definition) is 2. The molecule has 0 bridgehead atoms. The maximum Gasteiger partial charge on any atom is 0.115 e. The molecule has 2 aromatic rings. The van der Waals surface area contributed by atoms with Gasteiger partial charge in [0.1, 0.15) is 6.33 Å². The molecule has 0 spiro atoms. The molecule has 0 fully saturated rings. The summed E-state index contributed by atoms with van der Waals surface area (Å²) in [5.74, 6) is 0.409. The molecular weight excluding hydrogens is 196 g/mol. The van der Waals surface area contributed by atoms with E-state index in [0.29, 0.717) is 5.88 Å². The van der Waals surface area contributed by atoms with E-state index < -0.39 is 0 Å². The first-order valence-electron chi connectivity index (χ1n) is 4.32. The highest BCUT2D eigenvalue weighted by molar-refractivity contribution is 6.17. The fourth-order valence-electron chi connectivity index (χ4n) is 1.32. The largest absolute Gasteiger partial charge is 0.244 e. The molecule has 1 aromatic heterocycles. The molecule has 0 aliphatic rings. The van der Waals surface area contributed by atoms with Gasteiger partial charge in [-0.3, -0.25) is 0 Å². The van der Waals surface area contributed by atoms with Crippen LogP contribution in [0.3, 0.4) is 0 Å². The smallest absolute Gasteiger partial charge is 0.115 e. The number of halogens is 1. The maximum atomic E-state index is 5.79. The Hall–Kier alpha value is -1.41. The van der Waals surface area contributed by atoms with Gasteiger partial charge in [0.15, 0.2) is 0 Å². The standard InChI is InChI=1S/C11H9ClN2/c12-6-11-10(7-13-8-14-11)9-4-2-1-3-5-9/h1-5,7-8H,6H2. The summed E-state index contributed by atoms with van der Waals surface area (Å²) in [6.07, 6.45) is 3.31. The average molecular weight is 205 g/mol. The quantitative estimate of drug-likeness (QED) is 0.703. The van der Waals surface area contributed by atoms with Gasteiger partial charge in [0.05, 0.1) is 11.6 Å². The van der Waals surface area contributed by atoms with Gasteiger partial charge < -0.3 is 0 Å². The lowest BCUT2D eigenvalue weighted by molar-refractivity contribution is 1.09. The van der Waals surface area contributed by atoms with E-state index in [1.54, 1.807) is 6.20 Å². The lowest BCUT2D eigenvalue weighted by Gasteiger charge is -2.04. The van der Waals surface area contributed by atoms with Crippen molar-refractivity contribution in [2.75, 3.05) is 0 Å². The number of rotatable bonds is 2. The molecule has 70 valence electrons. The van der Waals surface area contributed by atoms with E-state index in [1.165, 1.54) is 6.33 Å². The summed E-state index contributed by atoms with van der Waals surface area (Å²) in [4.78, 5) is 8.13. The predicted molar refractivity (Wildman–Crippen MR) is 57.0 cm³/mol. The molecule has 0 saturated carbocycles. The van der Waals surface area contributed by atoms with Crippen LogP contribution < -0.4 is 0 Å². The lowest BCUT2D eigenvalue weighted by Crippen LogP contribution is -1.91. The van der Waals surface area contributed by atoms with Gasteiger partial charge in [-0.2, -0.15) is 0 Å². The first kappa shape index (κ1) is 9.16. The second-order valence-corrected chi connectivity index (χ2v) is 3.15. The third-order valence-corrected chi connectivity index (χ3v) is 2.26. The van der Waals surface area contributed by atoms with Gasteiger partial charge in [0, 0.05) is 11.8 Å². The Balaban J connectivity index is 2.51. The highest BCUT2D eigenvalue weighted by Gasteiger charge is 2.03. The summed E-state index contributed by atoms with van der Waals surface area (Å²) < 4.78 is 0. The van der Waals surface area contributed by atoms with Crippen molar-refractivity contribution >= 4 is 11.6 Å². The molecule has 0 amide bonds. The van der Waals surface area contributed by atoms with Crippen molar-refractivity contribution in [3.05, 3.63) is 48.5 Å². The molecule has 0 aliphatic carbocycles. The van der Waals surface area contributed by atoms with E-state index in [-0.39, 0.29) is 0 Å². The molecule has 2 nitrogen and oxygen atoms in total. The Morgan fingerprint density at radius 2 is 1.93 bits per heavy atom. The van der Waals surface area contributed by atoms with Crippen LogP contribution in [0.2, 0.25) is 0 Å². The number of hydrogen-bond donors (Lipinski definition) is 0. The highest BCUT2D eigenvalue weighted by atomic mass is 35.5. The average Bonchev–Trinajstić information content (AvgIpc) is 2.30. The van der Waals surface area contributed by atoms with Crippen LogP contribution in [-0.4, -0.2) is 9.97 Å². The van der Waals surface area contributed by atoms with Crippen molar-refractivity contribution in [1.29, 1.82) is 0 Å². The monoisotopic (exact) mass is 204 g/mol. The third-order valence-electron chi connectivity index (χ3n) is 2.01. The highest BCUT2D eigenvalue weighted by Crippen LogP contribution is 2.21. The minimum Gasteiger partial charge on any atom is -0.244 e. The summed E-state index contributed by atoms with van der Waals surface area (Å²) in [6.45, 7) is 0. The first-order valence-corrected chi connectivity index (χ1v) is 4.85. The molecule has 1 heterocycles. The van der Waals surface area contributed by atoms with E-state index >= 15 is 0 Å². The topological polar surface area (TPSA) is 25.8 Å². The van der Waals surface area contributed by atoms with Crippen LogP contribution in [-0.2, 0) is 5.88 Å². The molecule has 3 heteroatoms. The van der Waals surface area contributed by atoms with Gasteiger partial charge in [0.25, 0.3) is 0 Å². The summed E-state index contributed by atoms with van der Waals surface area (Å²) in [7, 11) is 0. The number of benzene rings is 1. The van der Waals surface area contributed by atoms with E-state index in [1.807, 2.05) is 30.3 Å².